The fourth-order valence-corrected chi connectivity index (χ4v) is 2.06. The van der Waals surface area contributed by atoms with Crippen LogP contribution in [0.5, 0.6) is 0 Å². The van der Waals surface area contributed by atoms with Crippen molar-refractivity contribution in [2.45, 2.75) is 19.4 Å². The van der Waals surface area contributed by atoms with Gasteiger partial charge in [-0.2, -0.15) is 4.31 Å². The van der Waals surface area contributed by atoms with E-state index in [1.807, 2.05) is 13.8 Å². The lowest BCUT2D eigenvalue weighted by Gasteiger charge is -2.42. The number of carbonyl (C=O) groups excluding carboxylic acids is 1. The molecule has 7 heteroatoms. The lowest BCUT2D eigenvalue weighted by atomic mass is 10.0. The Balaban J connectivity index is 2.70. The largest absolute Gasteiger partial charge is 0.377 e. The van der Waals surface area contributed by atoms with E-state index >= 15 is 0 Å². The van der Waals surface area contributed by atoms with Crippen molar-refractivity contribution in [3.63, 3.8) is 0 Å². The third-order valence-electron chi connectivity index (χ3n) is 2.87. The second kappa shape index (κ2) is 4.91. The van der Waals surface area contributed by atoms with Crippen LogP contribution in [0.15, 0.2) is 0 Å². The van der Waals surface area contributed by atoms with E-state index in [-0.39, 0.29) is 18.0 Å². The maximum absolute atomic E-state index is 12.0. The summed E-state index contributed by atoms with van der Waals surface area (Å²) in [7, 11) is -1.92. The Hall–Kier alpha value is -0.660. The fraction of sp³-hybridized carbons (Fsp3) is 0.900. The van der Waals surface area contributed by atoms with Gasteiger partial charge < -0.3 is 9.64 Å². The number of hydrogen-bond donors (Lipinski definition) is 0. The number of sulfonamides is 1. The molecule has 0 bridgehead atoms. The van der Waals surface area contributed by atoms with E-state index in [2.05, 4.69) is 0 Å². The minimum Gasteiger partial charge on any atom is -0.377 e. The Bertz CT molecular complexity index is 391. The smallest absolute Gasteiger partial charge is 0.238 e. The molecular weight excluding hydrogens is 244 g/mol. The topological polar surface area (TPSA) is 66.9 Å². The summed E-state index contributed by atoms with van der Waals surface area (Å²) in [5, 5.41) is 0. The van der Waals surface area contributed by atoms with Gasteiger partial charge in [-0.1, -0.05) is 0 Å². The molecule has 1 fully saturated rings. The summed E-state index contributed by atoms with van der Waals surface area (Å²) in [5.74, 6) is -0.189. The number of likely N-dealkylation sites (N-methyl/N-ethyl adjacent to an activating group) is 1. The van der Waals surface area contributed by atoms with E-state index in [1.54, 1.807) is 4.90 Å². The van der Waals surface area contributed by atoms with Crippen LogP contribution in [0.25, 0.3) is 0 Å². The maximum atomic E-state index is 12.0. The Labute approximate surface area is 103 Å². The van der Waals surface area contributed by atoms with Crippen LogP contribution in [-0.2, 0) is 19.6 Å². The van der Waals surface area contributed by atoms with E-state index in [1.165, 1.54) is 7.05 Å². The average molecular weight is 264 g/mol. The first-order chi connectivity index (χ1) is 7.64. The second-order valence-electron chi connectivity index (χ2n) is 4.93. The summed E-state index contributed by atoms with van der Waals surface area (Å²) in [6.45, 7) is 5.17. The van der Waals surface area contributed by atoms with E-state index in [0.29, 0.717) is 19.8 Å². The quantitative estimate of drug-likeness (QED) is 0.690. The van der Waals surface area contributed by atoms with Crippen LogP contribution in [0.2, 0.25) is 0 Å². The Morgan fingerprint density at radius 2 is 2.06 bits per heavy atom. The highest BCUT2D eigenvalue weighted by Gasteiger charge is 2.34. The van der Waals surface area contributed by atoms with E-state index in [9.17, 15) is 13.2 Å². The third-order valence-corrected chi connectivity index (χ3v) is 4.13. The van der Waals surface area contributed by atoms with Crippen molar-refractivity contribution in [1.29, 1.82) is 0 Å². The molecule has 6 nitrogen and oxygen atoms in total. The summed E-state index contributed by atoms with van der Waals surface area (Å²) < 4.78 is 28.9. The zero-order valence-corrected chi connectivity index (χ0v) is 11.6. The van der Waals surface area contributed by atoms with Crippen molar-refractivity contribution < 1.29 is 17.9 Å². The summed E-state index contributed by atoms with van der Waals surface area (Å²) >= 11 is 0. The maximum Gasteiger partial charge on any atom is 0.238 e. The molecular formula is C10H20N2O4S. The Morgan fingerprint density at radius 1 is 1.47 bits per heavy atom. The van der Waals surface area contributed by atoms with Crippen molar-refractivity contribution >= 4 is 15.9 Å². The standard InChI is InChI=1S/C10H20N2O4S/c1-10(2)8-16-6-5-12(10)9(13)7-11(3)17(4,14)15/h5-8H2,1-4H3. The first-order valence-electron chi connectivity index (χ1n) is 5.44. The van der Waals surface area contributed by atoms with E-state index in [0.717, 1.165) is 10.6 Å². The molecule has 1 amide bonds. The summed E-state index contributed by atoms with van der Waals surface area (Å²) in [6.07, 6.45) is 1.09. The van der Waals surface area contributed by atoms with Gasteiger partial charge in [0.1, 0.15) is 0 Å². The average Bonchev–Trinajstić information content (AvgIpc) is 2.14. The molecule has 1 saturated heterocycles. The first kappa shape index (κ1) is 14.4. The number of rotatable bonds is 3. The number of morpholine rings is 1. The molecule has 17 heavy (non-hydrogen) atoms. The van der Waals surface area contributed by atoms with Crippen LogP contribution < -0.4 is 0 Å². The lowest BCUT2D eigenvalue weighted by Crippen LogP contribution is -2.57. The predicted molar refractivity (Wildman–Crippen MR) is 64.1 cm³/mol. The van der Waals surface area contributed by atoms with Crippen LogP contribution in [0.3, 0.4) is 0 Å². The number of amides is 1. The first-order valence-corrected chi connectivity index (χ1v) is 7.29. The zero-order valence-electron chi connectivity index (χ0n) is 10.8. The highest BCUT2D eigenvalue weighted by molar-refractivity contribution is 7.88. The van der Waals surface area contributed by atoms with Gasteiger partial charge in [-0.3, -0.25) is 4.79 Å². The summed E-state index contributed by atoms with van der Waals surface area (Å²) in [5.41, 5.74) is -0.381. The van der Waals surface area contributed by atoms with Crippen LogP contribution in [-0.4, -0.2) is 68.7 Å². The molecule has 1 aliphatic heterocycles. The van der Waals surface area contributed by atoms with Crippen molar-refractivity contribution in [2.24, 2.45) is 0 Å². The summed E-state index contributed by atoms with van der Waals surface area (Å²) in [6, 6.07) is 0. The molecule has 0 aliphatic carbocycles. The van der Waals surface area contributed by atoms with Gasteiger partial charge in [0, 0.05) is 13.6 Å². The van der Waals surface area contributed by atoms with Gasteiger partial charge in [0.15, 0.2) is 0 Å². The van der Waals surface area contributed by atoms with Gasteiger partial charge in [-0.25, -0.2) is 8.42 Å². The molecule has 1 heterocycles. The van der Waals surface area contributed by atoms with Crippen LogP contribution in [0.4, 0.5) is 0 Å². The fourth-order valence-electron chi connectivity index (χ4n) is 1.71. The monoisotopic (exact) mass is 264 g/mol. The van der Waals surface area contributed by atoms with E-state index < -0.39 is 10.0 Å². The molecule has 0 aromatic carbocycles. The Kier molecular flexibility index (Phi) is 4.16. The van der Waals surface area contributed by atoms with Gasteiger partial charge in [-0.15, -0.1) is 0 Å². The van der Waals surface area contributed by atoms with Gasteiger partial charge >= 0.3 is 0 Å². The molecule has 0 saturated carbocycles. The number of carbonyl (C=O) groups is 1. The van der Waals surface area contributed by atoms with Gasteiger partial charge in [0.05, 0.1) is 31.6 Å². The molecule has 1 aliphatic rings. The normalized spacial score (nSPS) is 20.6. The molecule has 0 spiro atoms. The molecule has 0 aromatic rings. The zero-order chi connectivity index (χ0) is 13.3. The second-order valence-corrected chi connectivity index (χ2v) is 7.02. The van der Waals surface area contributed by atoms with Gasteiger partial charge in [-0.05, 0) is 13.8 Å². The lowest BCUT2D eigenvalue weighted by molar-refractivity contribution is -0.146. The van der Waals surface area contributed by atoms with Crippen molar-refractivity contribution in [1.82, 2.24) is 9.21 Å². The molecule has 100 valence electrons. The molecule has 0 N–H and O–H groups in total. The highest BCUT2D eigenvalue weighted by atomic mass is 32.2. The number of nitrogens with zero attached hydrogens (tertiary/aromatic N) is 2. The minimum absolute atomic E-state index is 0.123. The molecule has 0 aromatic heterocycles. The minimum atomic E-state index is -3.32. The van der Waals surface area contributed by atoms with Crippen LogP contribution in [0, 0.1) is 0 Å². The molecule has 0 atom stereocenters. The third kappa shape index (κ3) is 3.65. The van der Waals surface area contributed by atoms with Crippen molar-refractivity contribution in [2.75, 3.05) is 39.6 Å². The van der Waals surface area contributed by atoms with Crippen molar-refractivity contribution in [3.05, 3.63) is 0 Å². The molecule has 1 rings (SSSR count). The van der Waals surface area contributed by atoms with Crippen molar-refractivity contribution in [3.8, 4) is 0 Å². The number of hydrogen-bond acceptors (Lipinski definition) is 4. The summed E-state index contributed by atoms with van der Waals surface area (Å²) in [4.78, 5) is 13.7. The predicted octanol–water partition coefficient (Wildman–Crippen LogP) is -0.485. The highest BCUT2D eigenvalue weighted by Crippen LogP contribution is 2.19. The van der Waals surface area contributed by atoms with E-state index in [4.69, 9.17) is 4.74 Å². The molecule has 0 radical (unpaired) electrons. The number of ether oxygens (including phenoxy) is 1. The van der Waals surface area contributed by atoms with Crippen LogP contribution >= 0.6 is 0 Å². The molecule has 0 unspecified atom stereocenters. The van der Waals surface area contributed by atoms with Gasteiger partial charge in [0.2, 0.25) is 15.9 Å². The van der Waals surface area contributed by atoms with Crippen LogP contribution in [0.1, 0.15) is 13.8 Å². The van der Waals surface area contributed by atoms with Gasteiger partial charge in [0.25, 0.3) is 0 Å². The SMILES string of the molecule is CN(CC(=O)N1CCOCC1(C)C)S(C)(=O)=O. The Morgan fingerprint density at radius 3 is 2.53 bits per heavy atom.